The molecule has 0 aromatic heterocycles. The Hall–Kier alpha value is -2.30. The molecular formula is C20H18ClNO2S. The molecule has 0 amide bonds. The predicted molar refractivity (Wildman–Crippen MR) is 102 cm³/mol. The molecule has 0 heterocycles. The second-order valence-electron chi connectivity index (χ2n) is 5.79. The minimum Gasteiger partial charge on any atom is -0.262 e. The number of rotatable bonds is 5. The second-order valence-corrected chi connectivity index (χ2v) is 8.09. The van der Waals surface area contributed by atoms with Crippen molar-refractivity contribution in [3.8, 4) is 0 Å². The Morgan fingerprint density at radius 3 is 2.04 bits per heavy atom. The zero-order chi connectivity index (χ0) is 17.9. The van der Waals surface area contributed by atoms with Crippen molar-refractivity contribution in [2.75, 3.05) is 4.31 Å². The van der Waals surface area contributed by atoms with E-state index in [4.69, 9.17) is 11.6 Å². The first-order valence-corrected chi connectivity index (χ1v) is 9.67. The minimum absolute atomic E-state index is 0.216. The average molecular weight is 372 g/mol. The van der Waals surface area contributed by atoms with E-state index in [0.717, 1.165) is 11.1 Å². The molecule has 0 aliphatic heterocycles. The van der Waals surface area contributed by atoms with Crippen molar-refractivity contribution < 1.29 is 8.42 Å². The van der Waals surface area contributed by atoms with Gasteiger partial charge in [0.05, 0.1) is 17.1 Å². The van der Waals surface area contributed by atoms with Crippen LogP contribution in [0.15, 0.2) is 83.8 Å². The highest BCUT2D eigenvalue weighted by Gasteiger charge is 2.25. The summed E-state index contributed by atoms with van der Waals surface area (Å²) in [5, 5.41) is 0.503. The van der Waals surface area contributed by atoms with Crippen LogP contribution in [0.1, 0.15) is 11.1 Å². The smallest absolute Gasteiger partial charge is 0.262 e. The molecule has 0 spiro atoms. The molecule has 3 nitrogen and oxygen atoms in total. The van der Waals surface area contributed by atoms with Crippen LogP contribution in [0.3, 0.4) is 0 Å². The zero-order valence-corrected chi connectivity index (χ0v) is 15.3. The van der Waals surface area contributed by atoms with E-state index in [0.29, 0.717) is 10.7 Å². The number of hydrogen-bond donors (Lipinski definition) is 0. The van der Waals surface area contributed by atoms with E-state index in [9.17, 15) is 8.42 Å². The molecule has 128 valence electrons. The predicted octanol–water partition coefficient (Wildman–Crippen LogP) is 5.04. The number of anilines is 1. The topological polar surface area (TPSA) is 37.4 Å². The van der Waals surface area contributed by atoms with Crippen LogP contribution in [0, 0.1) is 6.92 Å². The maximum atomic E-state index is 13.2. The van der Waals surface area contributed by atoms with Crippen molar-refractivity contribution in [1.29, 1.82) is 0 Å². The average Bonchev–Trinajstić information content (AvgIpc) is 2.62. The van der Waals surface area contributed by atoms with E-state index in [1.54, 1.807) is 24.3 Å². The molecular weight excluding hydrogens is 354 g/mol. The van der Waals surface area contributed by atoms with Gasteiger partial charge in [-0.3, -0.25) is 4.31 Å². The molecule has 0 N–H and O–H groups in total. The summed E-state index contributed by atoms with van der Waals surface area (Å²) in [6, 6.07) is 23.2. The van der Waals surface area contributed by atoms with E-state index < -0.39 is 10.0 Å². The number of sulfonamides is 1. The third-order valence-electron chi connectivity index (χ3n) is 3.89. The van der Waals surface area contributed by atoms with E-state index in [1.165, 1.54) is 16.4 Å². The van der Waals surface area contributed by atoms with Crippen LogP contribution in [0.2, 0.25) is 5.02 Å². The molecule has 5 heteroatoms. The Labute approximate surface area is 153 Å². The van der Waals surface area contributed by atoms with Gasteiger partial charge in [0.2, 0.25) is 0 Å². The summed E-state index contributed by atoms with van der Waals surface area (Å²) in [4.78, 5) is 0.216. The number of halogens is 1. The molecule has 3 rings (SSSR count). The highest BCUT2D eigenvalue weighted by molar-refractivity contribution is 7.92. The van der Waals surface area contributed by atoms with Crippen LogP contribution < -0.4 is 4.31 Å². The maximum Gasteiger partial charge on any atom is 0.264 e. The lowest BCUT2D eigenvalue weighted by Gasteiger charge is -2.25. The van der Waals surface area contributed by atoms with Crippen molar-refractivity contribution in [2.45, 2.75) is 18.4 Å². The fraction of sp³-hybridized carbons (Fsp3) is 0.100. The van der Waals surface area contributed by atoms with E-state index in [-0.39, 0.29) is 11.4 Å². The Morgan fingerprint density at radius 2 is 1.44 bits per heavy atom. The van der Waals surface area contributed by atoms with Crippen LogP contribution in [0.25, 0.3) is 0 Å². The first-order chi connectivity index (χ1) is 12.0. The lowest BCUT2D eigenvalue weighted by atomic mass is 10.1. The fourth-order valence-corrected chi connectivity index (χ4v) is 4.08. The summed E-state index contributed by atoms with van der Waals surface area (Å²) in [6.07, 6.45) is 0. The third kappa shape index (κ3) is 4.03. The van der Waals surface area contributed by atoms with Gasteiger partial charge in [0.25, 0.3) is 10.0 Å². The van der Waals surface area contributed by atoms with Gasteiger partial charge < -0.3 is 0 Å². The largest absolute Gasteiger partial charge is 0.264 e. The summed E-state index contributed by atoms with van der Waals surface area (Å²) in [6.45, 7) is 2.26. The molecule has 3 aromatic carbocycles. The van der Waals surface area contributed by atoms with Crippen LogP contribution in [-0.2, 0) is 16.6 Å². The molecule has 0 saturated carbocycles. The zero-order valence-electron chi connectivity index (χ0n) is 13.8. The van der Waals surface area contributed by atoms with Crippen molar-refractivity contribution >= 4 is 27.3 Å². The van der Waals surface area contributed by atoms with Crippen LogP contribution in [0.4, 0.5) is 5.69 Å². The molecule has 0 aliphatic carbocycles. The Bertz CT molecular complexity index is 937. The van der Waals surface area contributed by atoms with Gasteiger partial charge in [-0.1, -0.05) is 59.6 Å². The van der Waals surface area contributed by atoms with Gasteiger partial charge in [-0.05, 0) is 48.9 Å². The Balaban J connectivity index is 2.04. The maximum absolute atomic E-state index is 13.2. The summed E-state index contributed by atoms with van der Waals surface area (Å²) >= 11 is 5.89. The molecule has 0 saturated heterocycles. The quantitative estimate of drug-likeness (QED) is 0.629. The third-order valence-corrected chi connectivity index (χ3v) is 5.93. The Kier molecular flexibility index (Phi) is 5.11. The Morgan fingerprint density at radius 1 is 0.840 bits per heavy atom. The van der Waals surface area contributed by atoms with Gasteiger partial charge in [-0.15, -0.1) is 0 Å². The van der Waals surface area contributed by atoms with Crippen molar-refractivity contribution in [1.82, 2.24) is 0 Å². The van der Waals surface area contributed by atoms with Crippen LogP contribution >= 0.6 is 11.6 Å². The molecule has 0 atom stereocenters. The van der Waals surface area contributed by atoms with Crippen LogP contribution in [-0.4, -0.2) is 8.42 Å². The molecule has 3 aromatic rings. The van der Waals surface area contributed by atoms with E-state index in [2.05, 4.69) is 0 Å². The molecule has 0 radical (unpaired) electrons. The van der Waals surface area contributed by atoms with Gasteiger partial charge in [-0.2, -0.15) is 0 Å². The summed E-state index contributed by atoms with van der Waals surface area (Å²) in [7, 11) is -3.70. The van der Waals surface area contributed by atoms with E-state index >= 15 is 0 Å². The normalized spacial score (nSPS) is 11.3. The minimum atomic E-state index is -3.70. The van der Waals surface area contributed by atoms with Gasteiger partial charge in [0.1, 0.15) is 0 Å². The summed E-state index contributed by atoms with van der Waals surface area (Å²) < 4.78 is 27.8. The van der Waals surface area contributed by atoms with Gasteiger partial charge in [0, 0.05) is 5.02 Å². The SMILES string of the molecule is Cc1ccc(CN(c2ccccc2)S(=O)(=O)c2ccc(Cl)cc2)cc1. The highest BCUT2D eigenvalue weighted by Crippen LogP contribution is 2.26. The number of hydrogen-bond acceptors (Lipinski definition) is 2. The van der Waals surface area contributed by atoms with E-state index in [1.807, 2.05) is 49.4 Å². The summed E-state index contributed by atoms with van der Waals surface area (Å²) in [5.41, 5.74) is 2.68. The van der Waals surface area contributed by atoms with Gasteiger partial charge >= 0.3 is 0 Å². The molecule has 0 bridgehead atoms. The van der Waals surface area contributed by atoms with Gasteiger partial charge in [-0.25, -0.2) is 8.42 Å². The molecule has 0 fully saturated rings. The lowest BCUT2D eigenvalue weighted by molar-refractivity contribution is 0.590. The van der Waals surface area contributed by atoms with Gasteiger partial charge in [0.15, 0.2) is 0 Å². The number of aryl methyl sites for hydroxylation is 1. The van der Waals surface area contributed by atoms with Crippen molar-refractivity contribution in [3.63, 3.8) is 0 Å². The number of nitrogens with zero attached hydrogens (tertiary/aromatic N) is 1. The standard InChI is InChI=1S/C20H18ClNO2S/c1-16-7-9-17(10-8-16)15-22(19-5-3-2-4-6-19)25(23,24)20-13-11-18(21)12-14-20/h2-14H,15H2,1H3. The fourth-order valence-electron chi connectivity index (χ4n) is 2.50. The van der Waals surface area contributed by atoms with Crippen molar-refractivity contribution in [3.05, 3.63) is 95.0 Å². The number of benzene rings is 3. The second kappa shape index (κ2) is 7.30. The molecule has 0 unspecified atom stereocenters. The highest BCUT2D eigenvalue weighted by atomic mass is 35.5. The summed E-state index contributed by atoms with van der Waals surface area (Å²) in [5.74, 6) is 0. The molecule has 0 aliphatic rings. The molecule has 25 heavy (non-hydrogen) atoms. The van der Waals surface area contributed by atoms with Crippen molar-refractivity contribution in [2.24, 2.45) is 0 Å². The lowest BCUT2D eigenvalue weighted by Crippen LogP contribution is -2.30. The monoisotopic (exact) mass is 371 g/mol. The first kappa shape index (κ1) is 17.5. The van der Waals surface area contributed by atoms with Crippen LogP contribution in [0.5, 0.6) is 0 Å². The number of para-hydroxylation sites is 1. The first-order valence-electron chi connectivity index (χ1n) is 7.86.